The average molecular weight is 311 g/mol. The molecule has 2 nitrogen and oxygen atoms in total. The maximum absolute atomic E-state index is 13.7. The molecule has 0 fully saturated rings. The molecule has 94 valence electrons. The van der Waals surface area contributed by atoms with Gasteiger partial charge in [-0.15, -0.1) is 0 Å². The zero-order valence-electron chi connectivity index (χ0n) is 9.57. The minimum absolute atomic E-state index is 0.241. The van der Waals surface area contributed by atoms with Crippen molar-refractivity contribution < 1.29 is 14.2 Å². The molecule has 0 heterocycles. The van der Waals surface area contributed by atoms with Gasteiger partial charge in [-0.3, -0.25) is 0 Å². The summed E-state index contributed by atoms with van der Waals surface area (Å²) in [7, 11) is 0. The van der Waals surface area contributed by atoms with Crippen LogP contribution in [0.2, 0.25) is 0 Å². The lowest BCUT2D eigenvalue weighted by Gasteiger charge is -2.10. The number of hydrogen-bond acceptors (Lipinski definition) is 2. The Labute approximate surface area is 113 Å². The molecule has 0 aliphatic rings. The van der Waals surface area contributed by atoms with E-state index in [0.29, 0.717) is 12.4 Å². The van der Waals surface area contributed by atoms with Gasteiger partial charge in [0.25, 0.3) is 0 Å². The Hall–Kier alpha value is -1.39. The molecule has 0 radical (unpaired) electrons. The third-order valence-electron chi connectivity index (χ3n) is 2.53. The number of rotatable bonds is 4. The highest BCUT2D eigenvalue weighted by molar-refractivity contribution is 9.10. The SMILES string of the molecule is OCc1ccc(OCc2ccccc2)c(Br)c1F. The van der Waals surface area contributed by atoms with Crippen LogP contribution < -0.4 is 4.74 Å². The summed E-state index contributed by atoms with van der Waals surface area (Å²) in [6, 6.07) is 12.8. The van der Waals surface area contributed by atoms with Gasteiger partial charge in [-0.05, 0) is 27.6 Å². The second kappa shape index (κ2) is 5.98. The molecule has 0 bridgehead atoms. The van der Waals surface area contributed by atoms with Gasteiger partial charge in [0.15, 0.2) is 0 Å². The Balaban J connectivity index is 2.13. The van der Waals surface area contributed by atoms with Crippen molar-refractivity contribution in [3.63, 3.8) is 0 Å². The lowest BCUT2D eigenvalue weighted by atomic mass is 10.2. The van der Waals surface area contributed by atoms with Crippen molar-refractivity contribution in [1.82, 2.24) is 0 Å². The van der Waals surface area contributed by atoms with Gasteiger partial charge < -0.3 is 9.84 Å². The first-order valence-corrected chi connectivity index (χ1v) is 6.26. The maximum atomic E-state index is 13.7. The van der Waals surface area contributed by atoms with E-state index in [1.54, 1.807) is 6.07 Å². The quantitative estimate of drug-likeness (QED) is 0.934. The zero-order valence-corrected chi connectivity index (χ0v) is 11.2. The van der Waals surface area contributed by atoms with Gasteiger partial charge in [0, 0.05) is 5.56 Å². The summed E-state index contributed by atoms with van der Waals surface area (Å²) < 4.78 is 19.5. The summed E-state index contributed by atoms with van der Waals surface area (Å²) in [5.41, 5.74) is 1.25. The third kappa shape index (κ3) is 2.89. The van der Waals surface area contributed by atoms with Gasteiger partial charge in [-0.1, -0.05) is 36.4 Å². The average Bonchev–Trinajstić information content (AvgIpc) is 2.42. The summed E-state index contributed by atoms with van der Waals surface area (Å²) >= 11 is 3.13. The Morgan fingerprint density at radius 2 is 1.83 bits per heavy atom. The number of aliphatic hydroxyl groups is 1. The zero-order chi connectivity index (χ0) is 13.0. The summed E-state index contributed by atoms with van der Waals surface area (Å²) in [4.78, 5) is 0. The fourth-order valence-corrected chi connectivity index (χ4v) is 2.04. The normalized spacial score (nSPS) is 10.4. The molecule has 0 aromatic heterocycles. The third-order valence-corrected chi connectivity index (χ3v) is 3.27. The predicted molar refractivity (Wildman–Crippen MR) is 70.8 cm³/mol. The molecular formula is C14H12BrFO2. The Kier molecular flexibility index (Phi) is 4.33. The van der Waals surface area contributed by atoms with Gasteiger partial charge >= 0.3 is 0 Å². The van der Waals surface area contributed by atoms with E-state index in [9.17, 15) is 4.39 Å². The minimum atomic E-state index is -0.483. The van der Waals surface area contributed by atoms with Crippen molar-refractivity contribution in [1.29, 1.82) is 0 Å². The molecule has 1 N–H and O–H groups in total. The monoisotopic (exact) mass is 310 g/mol. The summed E-state index contributed by atoms with van der Waals surface area (Å²) in [5, 5.41) is 8.94. The van der Waals surface area contributed by atoms with E-state index in [-0.39, 0.29) is 16.6 Å². The maximum Gasteiger partial charge on any atom is 0.146 e. The molecule has 2 aromatic carbocycles. The Morgan fingerprint density at radius 3 is 2.50 bits per heavy atom. The number of hydrogen-bond donors (Lipinski definition) is 1. The van der Waals surface area contributed by atoms with E-state index in [2.05, 4.69) is 15.9 Å². The van der Waals surface area contributed by atoms with Gasteiger partial charge in [0.1, 0.15) is 18.2 Å². The van der Waals surface area contributed by atoms with Gasteiger partial charge in [-0.2, -0.15) is 0 Å². The number of aliphatic hydroxyl groups excluding tert-OH is 1. The number of halogens is 2. The van der Waals surface area contributed by atoms with Gasteiger partial charge in [0.2, 0.25) is 0 Å². The van der Waals surface area contributed by atoms with Crippen LogP contribution >= 0.6 is 15.9 Å². The van der Waals surface area contributed by atoms with Crippen molar-refractivity contribution in [3.8, 4) is 5.75 Å². The molecule has 0 unspecified atom stereocenters. The molecule has 0 aliphatic carbocycles. The molecule has 0 amide bonds. The highest BCUT2D eigenvalue weighted by Gasteiger charge is 2.11. The highest BCUT2D eigenvalue weighted by atomic mass is 79.9. The summed E-state index contributed by atoms with van der Waals surface area (Å²) in [6.45, 7) is 0.0424. The topological polar surface area (TPSA) is 29.5 Å². The van der Waals surface area contributed by atoms with Crippen LogP contribution in [0.25, 0.3) is 0 Å². The highest BCUT2D eigenvalue weighted by Crippen LogP contribution is 2.30. The van der Waals surface area contributed by atoms with Crippen LogP contribution in [0.3, 0.4) is 0 Å². The lowest BCUT2D eigenvalue weighted by Crippen LogP contribution is -1.99. The summed E-state index contributed by atoms with van der Waals surface area (Å²) in [6.07, 6.45) is 0. The predicted octanol–water partition coefficient (Wildman–Crippen LogP) is 3.66. The largest absolute Gasteiger partial charge is 0.488 e. The van der Waals surface area contributed by atoms with Gasteiger partial charge in [-0.25, -0.2) is 4.39 Å². The van der Waals surface area contributed by atoms with Crippen molar-refractivity contribution in [2.24, 2.45) is 0 Å². The molecule has 2 aromatic rings. The molecule has 0 saturated heterocycles. The summed E-state index contributed by atoms with van der Waals surface area (Å²) in [5.74, 6) is -0.0587. The van der Waals surface area contributed by atoms with E-state index in [0.717, 1.165) is 5.56 Å². The minimum Gasteiger partial charge on any atom is -0.488 e. The van der Waals surface area contributed by atoms with Crippen molar-refractivity contribution >= 4 is 15.9 Å². The van der Waals surface area contributed by atoms with E-state index in [1.807, 2.05) is 30.3 Å². The van der Waals surface area contributed by atoms with E-state index in [4.69, 9.17) is 9.84 Å². The second-order valence-electron chi connectivity index (χ2n) is 3.78. The van der Waals surface area contributed by atoms with Crippen molar-refractivity contribution in [2.45, 2.75) is 13.2 Å². The van der Waals surface area contributed by atoms with Crippen LogP contribution in [0, 0.1) is 5.82 Å². The fourth-order valence-electron chi connectivity index (χ4n) is 1.54. The fraction of sp³-hybridized carbons (Fsp3) is 0.143. The van der Waals surface area contributed by atoms with Crippen LogP contribution in [0.15, 0.2) is 46.9 Å². The molecule has 0 atom stereocenters. The van der Waals surface area contributed by atoms with Crippen LogP contribution in [-0.2, 0) is 13.2 Å². The molecular weight excluding hydrogens is 299 g/mol. The Morgan fingerprint density at radius 1 is 1.11 bits per heavy atom. The first-order chi connectivity index (χ1) is 8.72. The molecule has 4 heteroatoms. The first kappa shape index (κ1) is 13.1. The van der Waals surface area contributed by atoms with Crippen molar-refractivity contribution in [3.05, 3.63) is 63.9 Å². The first-order valence-electron chi connectivity index (χ1n) is 5.47. The van der Waals surface area contributed by atoms with Crippen LogP contribution in [0.1, 0.15) is 11.1 Å². The number of ether oxygens (including phenoxy) is 1. The number of benzene rings is 2. The van der Waals surface area contributed by atoms with Crippen LogP contribution in [0.5, 0.6) is 5.75 Å². The molecule has 18 heavy (non-hydrogen) atoms. The van der Waals surface area contributed by atoms with E-state index in [1.165, 1.54) is 6.07 Å². The molecule has 2 rings (SSSR count). The van der Waals surface area contributed by atoms with E-state index >= 15 is 0 Å². The lowest BCUT2D eigenvalue weighted by molar-refractivity contribution is 0.273. The Bertz CT molecular complexity index is 529. The molecule has 0 aliphatic heterocycles. The van der Waals surface area contributed by atoms with Gasteiger partial charge in [0.05, 0.1) is 11.1 Å². The van der Waals surface area contributed by atoms with Crippen LogP contribution in [0.4, 0.5) is 4.39 Å². The van der Waals surface area contributed by atoms with E-state index < -0.39 is 5.82 Å². The van der Waals surface area contributed by atoms with Crippen LogP contribution in [-0.4, -0.2) is 5.11 Å². The molecule has 0 saturated carbocycles. The molecule has 0 spiro atoms. The second-order valence-corrected chi connectivity index (χ2v) is 4.58. The standard InChI is InChI=1S/C14H12BrFO2/c15-13-12(7-6-11(8-17)14(13)16)18-9-10-4-2-1-3-5-10/h1-7,17H,8-9H2. The van der Waals surface area contributed by atoms with Crippen molar-refractivity contribution in [2.75, 3.05) is 0 Å². The smallest absolute Gasteiger partial charge is 0.146 e.